The van der Waals surface area contributed by atoms with Crippen molar-refractivity contribution >= 4 is 40.6 Å². The molecule has 1 spiro atoms. The highest BCUT2D eigenvalue weighted by molar-refractivity contribution is 8.00. The Balaban J connectivity index is 1.48. The van der Waals surface area contributed by atoms with Crippen LogP contribution in [0.25, 0.3) is 11.1 Å². The zero-order valence-electron chi connectivity index (χ0n) is 15.9. The van der Waals surface area contributed by atoms with Crippen LogP contribution in [0.5, 0.6) is 0 Å². The number of amides is 1. The van der Waals surface area contributed by atoms with E-state index < -0.39 is 6.09 Å². The van der Waals surface area contributed by atoms with Crippen LogP contribution in [0, 0.1) is 5.41 Å². The Labute approximate surface area is 168 Å². The number of hydrogen-bond donors (Lipinski definition) is 1. The molecule has 2 aliphatic rings. The molecule has 1 amide bonds. The molecule has 2 heterocycles. The molecule has 1 saturated carbocycles. The van der Waals surface area contributed by atoms with Crippen molar-refractivity contribution in [1.29, 1.82) is 0 Å². The molecule has 2 aromatic rings. The average molecular weight is 409 g/mol. The van der Waals surface area contributed by atoms with E-state index >= 15 is 0 Å². The van der Waals surface area contributed by atoms with Gasteiger partial charge in [-0.05, 0) is 43.2 Å². The van der Waals surface area contributed by atoms with Gasteiger partial charge in [-0.3, -0.25) is 0 Å². The van der Waals surface area contributed by atoms with Crippen molar-refractivity contribution in [2.24, 2.45) is 5.41 Å². The van der Waals surface area contributed by atoms with Gasteiger partial charge in [0.2, 0.25) is 5.89 Å². The number of rotatable bonds is 2. The lowest BCUT2D eigenvalue weighted by atomic mass is 9.63. The number of carboxylic acid groups (broad SMARTS) is 1. The second kappa shape index (κ2) is 6.59. The van der Waals surface area contributed by atoms with Gasteiger partial charge >= 0.3 is 6.09 Å². The number of likely N-dealkylation sites (tertiary alicyclic amines) is 1. The molecule has 5 nitrogen and oxygen atoms in total. The normalized spacial score (nSPS) is 20.2. The Hall–Kier alpha value is -1.40. The first kappa shape index (κ1) is 18.9. The first-order valence-corrected chi connectivity index (χ1v) is 10.7. The van der Waals surface area contributed by atoms with Crippen molar-refractivity contribution in [3.8, 4) is 0 Å². The molecule has 7 heteroatoms. The van der Waals surface area contributed by atoms with E-state index in [-0.39, 0.29) is 5.41 Å². The summed E-state index contributed by atoms with van der Waals surface area (Å²) in [5, 5.41) is 10.3. The lowest BCUT2D eigenvalue weighted by Crippen LogP contribution is -2.49. The first-order chi connectivity index (χ1) is 12.7. The third-order valence-corrected chi connectivity index (χ3v) is 7.54. The predicted molar refractivity (Wildman–Crippen MR) is 108 cm³/mol. The number of benzene rings is 1. The molecule has 0 bridgehead atoms. The number of nitrogens with zero attached hydrogens (tertiary/aromatic N) is 2. The first-order valence-electron chi connectivity index (χ1n) is 9.41. The lowest BCUT2D eigenvalue weighted by Gasteiger charge is -2.51. The molecule has 2 fully saturated rings. The predicted octanol–water partition coefficient (Wildman–Crippen LogP) is 5.79. The summed E-state index contributed by atoms with van der Waals surface area (Å²) in [6.07, 6.45) is 3.35. The Morgan fingerprint density at radius 1 is 1.33 bits per heavy atom. The van der Waals surface area contributed by atoms with Crippen LogP contribution >= 0.6 is 23.4 Å². The molecule has 1 aromatic heterocycles. The molecule has 0 atom stereocenters. The zero-order chi connectivity index (χ0) is 19.4. The summed E-state index contributed by atoms with van der Waals surface area (Å²) in [5.41, 5.74) is 1.81. The summed E-state index contributed by atoms with van der Waals surface area (Å²) < 4.78 is 6.10. The van der Waals surface area contributed by atoms with Gasteiger partial charge in [-0.1, -0.05) is 32.4 Å². The van der Waals surface area contributed by atoms with E-state index in [9.17, 15) is 4.79 Å². The van der Waals surface area contributed by atoms with Gasteiger partial charge in [-0.25, -0.2) is 9.78 Å². The Morgan fingerprint density at radius 3 is 2.59 bits per heavy atom. The molecule has 1 aromatic carbocycles. The van der Waals surface area contributed by atoms with Crippen molar-refractivity contribution in [1.82, 2.24) is 9.88 Å². The van der Waals surface area contributed by atoms with E-state index in [4.69, 9.17) is 21.1 Å². The van der Waals surface area contributed by atoms with Crippen molar-refractivity contribution in [3.05, 3.63) is 23.0 Å². The van der Waals surface area contributed by atoms with E-state index in [1.165, 1.54) is 4.90 Å². The number of hydrogen-bond acceptors (Lipinski definition) is 4. The van der Waals surface area contributed by atoms with Crippen LogP contribution in [0.3, 0.4) is 0 Å². The second-order valence-corrected chi connectivity index (χ2v) is 10.6. The summed E-state index contributed by atoms with van der Waals surface area (Å²) in [4.78, 5) is 18.3. The average Bonchev–Trinajstić information content (AvgIpc) is 3.01. The van der Waals surface area contributed by atoms with Gasteiger partial charge in [0.15, 0.2) is 5.58 Å². The molecular weight excluding hydrogens is 384 g/mol. The zero-order valence-corrected chi connectivity index (χ0v) is 17.5. The molecule has 0 radical (unpaired) electrons. The van der Waals surface area contributed by atoms with Crippen LogP contribution in [0.2, 0.25) is 5.02 Å². The third-order valence-electron chi connectivity index (χ3n) is 5.81. The van der Waals surface area contributed by atoms with E-state index in [1.807, 2.05) is 12.1 Å². The lowest BCUT2D eigenvalue weighted by molar-refractivity contribution is 0.0402. The van der Waals surface area contributed by atoms with Crippen LogP contribution in [0.1, 0.15) is 52.3 Å². The maximum atomic E-state index is 11.1. The topological polar surface area (TPSA) is 66.6 Å². The Bertz CT molecular complexity index is 873. The quantitative estimate of drug-likeness (QED) is 0.680. The maximum Gasteiger partial charge on any atom is 0.407 e. The SMILES string of the molecule is CC(C)(C)c1nc2ccc(Cl)c(SC3CC4(CCN(C(=O)O)CC4)C3)c2o1. The summed E-state index contributed by atoms with van der Waals surface area (Å²) in [6, 6.07) is 3.82. The van der Waals surface area contributed by atoms with Gasteiger partial charge in [0.1, 0.15) is 5.52 Å². The minimum absolute atomic E-state index is 0.147. The maximum absolute atomic E-state index is 11.1. The van der Waals surface area contributed by atoms with Gasteiger partial charge in [-0.15, -0.1) is 11.8 Å². The summed E-state index contributed by atoms with van der Waals surface area (Å²) in [5.74, 6) is 0.729. The summed E-state index contributed by atoms with van der Waals surface area (Å²) in [6.45, 7) is 7.57. The Kier molecular flexibility index (Phi) is 4.62. The highest BCUT2D eigenvalue weighted by Gasteiger charge is 2.47. The van der Waals surface area contributed by atoms with Crippen LogP contribution in [0.15, 0.2) is 21.4 Å². The minimum Gasteiger partial charge on any atom is -0.465 e. The van der Waals surface area contributed by atoms with Gasteiger partial charge < -0.3 is 14.4 Å². The molecule has 27 heavy (non-hydrogen) atoms. The number of carbonyl (C=O) groups is 1. The highest BCUT2D eigenvalue weighted by atomic mass is 35.5. The van der Waals surface area contributed by atoms with Crippen molar-refractivity contribution in [2.45, 2.75) is 62.0 Å². The largest absolute Gasteiger partial charge is 0.465 e. The van der Waals surface area contributed by atoms with E-state index in [0.717, 1.165) is 47.6 Å². The number of piperidine rings is 1. The van der Waals surface area contributed by atoms with Crippen LogP contribution in [-0.4, -0.2) is 39.4 Å². The number of thioether (sulfide) groups is 1. The fourth-order valence-corrected chi connectivity index (χ4v) is 6.03. The molecule has 1 aliphatic carbocycles. The monoisotopic (exact) mass is 408 g/mol. The van der Waals surface area contributed by atoms with E-state index in [2.05, 4.69) is 25.8 Å². The van der Waals surface area contributed by atoms with Gasteiger partial charge in [0.05, 0.1) is 9.92 Å². The van der Waals surface area contributed by atoms with Crippen LogP contribution in [-0.2, 0) is 5.41 Å². The molecule has 146 valence electrons. The molecule has 0 unspecified atom stereocenters. The highest BCUT2D eigenvalue weighted by Crippen LogP contribution is 2.56. The minimum atomic E-state index is -0.798. The summed E-state index contributed by atoms with van der Waals surface area (Å²) in [7, 11) is 0. The second-order valence-electron chi connectivity index (χ2n) is 8.91. The fourth-order valence-electron chi connectivity index (χ4n) is 4.11. The number of fused-ring (bicyclic) bond motifs is 1. The van der Waals surface area contributed by atoms with Crippen LogP contribution in [0.4, 0.5) is 4.79 Å². The van der Waals surface area contributed by atoms with Crippen molar-refractivity contribution in [3.63, 3.8) is 0 Å². The molecule has 4 rings (SSSR count). The molecule has 1 saturated heterocycles. The van der Waals surface area contributed by atoms with E-state index in [0.29, 0.717) is 28.8 Å². The number of oxazole rings is 1. The molecule has 1 aliphatic heterocycles. The van der Waals surface area contributed by atoms with Crippen LogP contribution < -0.4 is 0 Å². The van der Waals surface area contributed by atoms with Gasteiger partial charge in [-0.2, -0.15) is 0 Å². The standard InChI is InChI=1S/C20H25ClN2O3S/c1-19(2,3)17-22-14-5-4-13(21)16(15(14)26-17)27-12-10-20(11-12)6-8-23(9-7-20)18(24)25/h4-5,12H,6-11H2,1-3H3,(H,24,25). The van der Waals surface area contributed by atoms with Crippen molar-refractivity contribution < 1.29 is 14.3 Å². The number of halogens is 1. The smallest absolute Gasteiger partial charge is 0.407 e. The fraction of sp³-hybridized carbons (Fsp3) is 0.600. The van der Waals surface area contributed by atoms with Gasteiger partial charge in [0.25, 0.3) is 0 Å². The third kappa shape index (κ3) is 3.54. The molecular formula is C20H25ClN2O3S. The van der Waals surface area contributed by atoms with E-state index in [1.54, 1.807) is 11.8 Å². The number of aromatic nitrogens is 1. The van der Waals surface area contributed by atoms with Crippen molar-refractivity contribution in [2.75, 3.05) is 13.1 Å². The Morgan fingerprint density at radius 2 is 2.00 bits per heavy atom. The molecule has 1 N–H and O–H groups in total. The summed E-state index contributed by atoms with van der Waals surface area (Å²) >= 11 is 8.29. The van der Waals surface area contributed by atoms with Gasteiger partial charge in [0, 0.05) is 23.8 Å².